The molecule has 0 radical (unpaired) electrons. The molecule has 2 N–H and O–H groups in total. The molecule has 2 atom stereocenters. The zero-order valence-electron chi connectivity index (χ0n) is 10.5. The molecule has 0 amide bonds. The minimum Gasteiger partial charge on any atom is -0.326 e. The van der Waals surface area contributed by atoms with Crippen molar-refractivity contribution in [2.45, 2.75) is 39.2 Å². The molecule has 2 unspecified atom stereocenters. The van der Waals surface area contributed by atoms with Crippen LogP contribution in [0.4, 0.5) is 0 Å². The molecule has 90 valence electrons. The molecule has 0 fully saturated rings. The van der Waals surface area contributed by atoms with Gasteiger partial charge in [-0.25, -0.2) is 4.98 Å². The monoisotopic (exact) mass is 229 g/mol. The largest absolute Gasteiger partial charge is 0.326 e. The van der Waals surface area contributed by atoms with Crippen molar-refractivity contribution < 1.29 is 0 Å². The van der Waals surface area contributed by atoms with E-state index in [9.17, 15) is 0 Å². The summed E-state index contributed by atoms with van der Waals surface area (Å²) in [7, 11) is 0. The van der Waals surface area contributed by atoms with E-state index < -0.39 is 0 Å². The first kappa shape index (κ1) is 10.8. The van der Waals surface area contributed by atoms with Crippen LogP contribution in [0.5, 0.6) is 0 Å². The van der Waals surface area contributed by atoms with Gasteiger partial charge in [0.15, 0.2) is 0 Å². The average molecular weight is 229 g/mol. The summed E-state index contributed by atoms with van der Waals surface area (Å²) < 4.78 is 2.24. The van der Waals surface area contributed by atoms with Crippen LogP contribution in [-0.4, -0.2) is 9.38 Å². The molecule has 1 aliphatic rings. The van der Waals surface area contributed by atoms with Crippen LogP contribution in [0.15, 0.2) is 18.3 Å². The van der Waals surface area contributed by atoms with Crippen molar-refractivity contribution >= 4 is 5.65 Å². The van der Waals surface area contributed by atoms with Crippen LogP contribution in [0.25, 0.3) is 5.65 Å². The molecule has 3 rings (SSSR count). The second kappa shape index (κ2) is 3.84. The van der Waals surface area contributed by atoms with E-state index in [4.69, 9.17) is 10.7 Å². The van der Waals surface area contributed by atoms with Crippen molar-refractivity contribution in [3.05, 3.63) is 35.3 Å². The van der Waals surface area contributed by atoms with E-state index in [2.05, 4.69) is 36.6 Å². The molecule has 3 heteroatoms. The quantitative estimate of drug-likeness (QED) is 0.816. The first-order valence-electron chi connectivity index (χ1n) is 6.39. The van der Waals surface area contributed by atoms with E-state index in [0.717, 1.165) is 18.0 Å². The molecule has 0 spiro atoms. The van der Waals surface area contributed by atoms with Crippen molar-refractivity contribution in [1.82, 2.24) is 9.38 Å². The molecular formula is C14H19N3. The fourth-order valence-electron chi connectivity index (χ4n) is 3.08. The molecule has 0 saturated carbocycles. The number of hydrogen-bond donors (Lipinski definition) is 1. The Morgan fingerprint density at radius 3 is 3.00 bits per heavy atom. The highest BCUT2D eigenvalue weighted by atomic mass is 15.0. The van der Waals surface area contributed by atoms with Crippen LogP contribution >= 0.6 is 0 Å². The van der Waals surface area contributed by atoms with E-state index in [1.807, 2.05) is 0 Å². The maximum atomic E-state index is 5.71. The number of nitrogens with two attached hydrogens (primary N) is 1. The minimum absolute atomic E-state index is 0.591. The smallest absolute Gasteiger partial charge is 0.137 e. The number of imidazole rings is 1. The van der Waals surface area contributed by atoms with Gasteiger partial charge in [0, 0.05) is 18.4 Å². The molecule has 0 aliphatic heterocycles. The topological polar surface area (TPSA) is 43.3 Å². The van der Waals surface area contributed by atoms with Gasteiger partial charge < -0.3 is 10.1 Å². The summed E-state index contributed by atoms with van der Waals surface area (Å²) in [5, 5.41) is 0. The minimum atomic E-state index is 0.591. The second-order valence-electron chi connectivity index (χ2n) is 5.36. The Balaban J connectivity index is 2.22. The van der Waals surface area contributed by atoms with Crippen LogP contribution < -0.4 is 5.73 Å². The first-order chi connectivity index (χ1) is 8.19. The summed E-state index contributed by atoms with van der Waals surface area (Å²) in [4.78, 5) is 4.75. The summed E-state index contributed by atoms with van der Waals surface area (Å²) in [6.45, 7) is 5.21. The molecule has 0 saturated heterocycles. The highest BCUT2D eigenvalue weighted by molar-refractivity contribution is 5.46. The zero-order valence-corrected chi connectivity index (χ0v) is 10.5. The van der Waals surface area contributed by atoms with Gasteiger partial charge in [0.1, 0.15) is 5.65 Å². The van der Waals surface area contributed by atoms with Gasteiger partial charge in [0.05, 0.1) is 5.69 Å². The number of fused-ring (bicyclic) bond motifs is 3. The summed E-state index contributed by atoms with van der Waals surface area (Å²) in [5.41, 5.74) is 10.6. The number of nitrogens with zero attached hydrogens (tertiary/aromatic N) is 2. The standard InChI is InChI=1S/C14H19N3/c1-9-5-10(2)14-12(6-9)16-13-4-3-11(7-15)8-17(13)14/h3-4,8-10H,5-7,15H2,1-2H3. The first-order valence-corrected chi connectivity index (χ1v) is 6.39. The maximum Gasteiger partial charge on any atom is 0.137 e. The Kier molecular flexibility index (Phi) is 2.44. The zero-order chi connectivity index (χ0) is 12.0. The SMILES string of the molecule is CC1Cc2nc3ccc(CN)cn3c2C(C)C1. The van der Waals surface area contributed by atoms with Gasteiger partial charge in [-0.05, 0) is 36.3 Å². The van der Waals surface area contributed by atoms with E-state index >= 15 is 0 Å². The van der Waals surface area contributed by atoms with Gasteiger partial charge in [-0.2, -0.15) is 0 Å². The highest BCUT2D eigenvalue weighted by Gasteiger charge is 2.26. The van der Waals surface area contributed by atoms with Gasteiger partial charge in [0.2, 0.25) is 0 Å². The lowest BCUT2D eigenvalue weighted by Gasteiger charge is -2.23. The van der Waals surface area contributed by atoms with Crippen molar-refractivity contribution in [3.8, 4) is 0 Å². The molecular weight excluding hydrogens is 210 g/mol. The van der Waals surface area contributed by atoms with E-state index in [-0.39, 0.29) is 0 Å². The lowest BCUT2D eigenvalue weighted by molar-refractivity contribution is 0.437. The normalized spacial score (nSPS) is 23.9. The Morgan fingerprint density at radius 1 is 1.41 bits per heavy atom. The third-order valence-electron chi connectivity index (χ3n) is 3.79. The molecule has 1 aliphatic carbocycles. The molecule has 0 bridgehead atoms. The Morgan fingerprint density at radius 2 is 2.24 bits per heavy atom. The van der Waals surface area contributed by atoms with Crippen molar-refractivity contribution in [1.29, 1.82) is 0 Å². The van der Waals surface area contributed by atoms with Crippen LogP contribution in [-0.2, 0) is 13.0 Å². The summed E-state index contributed by atoms with van der Waals surface area (Å²) in [5.74, 6) is 1.34. The summed E-state index contributed by atoms with van der Waals surface area (Å²) in [6.07, 6.45) is 4.51. The van der Waals surface area contributed by atoms with E-state index in [1.165, 1.54) is 23.4 Å². The molecule has 2 aromatic heterocycles. The molecule has 3 nitrogen and oxygen atoms in total. The van der Waals surface area contributed by atoms with Gasteiger partial charge >= 0.3 is 0 Å². The van der Waals surface area contributed by atoms with Gasteiger partial charge in [-0.3, -0.25) is 0 Å². The van der Waals surface area contributed by atoms with Crippen LogP contribution in [0.1, 0.15) is 43.1 Å². The fraction of sp³-hybridized carbons (Fsp3) is 0.500. The van der Waals surface area contributed by atoms with Gasteiger partial charge in [-0.15, -0.1) is 0 Å². The maximum absolute atomic E-state index is 5.71. The molecule has 2 heterocycles. The highest BCUT2D eigenvalue weighted by Crippen LogP contribution is 2.34. The van der Waals surface area contributed by atoms with E-state index in [1.54, 1.807) is 0 Å². The Labute approximate surface area is 102 Å². The second-order valence-corrected chi connectivity index (χ2v) is 5.36. The molecule has 17 heavy (non-hydrogen) atoms. The summed E-state index contributed by atoms with van der Waals surface area (Å²) >= 11 is 0. The predicted octanol–water partition coefficient (Wildman–Crippen LogP) is 2.48. The fourth-order valence-corrected chi connectivity index (χ4v) is 3.08. The van der Waals surface area contributed by atoms with Crippen LogP contribution in [0, 0.1) is 5.92 Å². The lowest BCUT2D eigenvalue weighted by Crippen LogP contribution is -2.15. The third-order valence-corrected chi connectivity index (χ3v) is 3.79. The molecule has 2 aromatic rings. The van der Waals surface area contributed by atoms with Crippen molar-refractivity contribution in [3.63, 3.8) is 0 Å². The number of aromatic nitrogens is 2. The average Bonchev–Trinajstić information content (AvgIpc) is 2.65. The predicted molar refractivity (Wildman–Crippen MR) is 69.0 cm³/mol. The number of pyridine rings is 1. The summed E-state index contributed by atoms with van der Waals surface area (Å²) in [6, 6.07) is 4.15. The van der Waals surface area contributed by atoms with Gasteiger partial charge in [-0.1, -0.05) is 19.9 Å². The van der Waals surface area contributed by atoms with Crippen LogP contribution in [0.2, 0.25) is 0 Å². The van der Waals surface area contributed by atoms with Crippen molar-refractivity contribution in [2.24, 2.45) is 11.7 Å². The molecule has 0 aromatic carbocycles. The number of hydrogen-bond acceptors (Lipinski definition) is 2. The number of rotatable bonds is 1. The Bertz CT molecular complexity index is 556. The Hall–Kier alpha value is -1.35. The van der Waals surface area contributed by atoms with E-state index in [0.29, 0.717) is 12.5 Å². The van der Waals surface area contributed by atoms with Gasteiger partial charge in [0.25, 0.3) is 0 Å². The lowest BCUT2D eigenvalue weighted by atomic mass is 9.84. The van der Waals surface area contributed by atoms with Crippen LogP contribution in [0.3, 0.4) is 0 Å². The van der Waals surface area contributed by atoms with Crippen molar-refractivity contribution in [2.75, 3.05) is 0 Å². The third kappa shape index (κ3) is 1.65.